The number of rotatable bonds is 4. The summed E-state index contributed by atoms with van der Waals surface area (Å²) < 4.78 is 1.14. The second-order valence-corrected chi connectivity index (χ2v) is 7.47. The van der Waals surface area contributed by atoms with Crippen LogP contribution in [-0.2, 0) is 0 Å². The molecule has 0 unspecified atom stereocenters. The summed E-state index contributed by atoms with van der Waals surface area (Å²) in [5.74, 6) is 0. The molecule has 132 valence electrons. The van der Waals surface area contributed by atoms with Crippen molar-refractivity contribution in [2.45, 2.75) is 19.3 Å². The fraction of sp³-hybridized carbons (Fsp3) is 0.250. The van der Waals surface area contributed by atoms with Gasteiger partial charge < -0.3 is 4.90 Å². The van der Waals surface area contributed by atoms with Crippen LogP contribution in [0, 0.1) is 10.1 Å². The molecule has 3 aromatic rings. The lowest BCUT2D eigenvalue weighted by Crippen LogP contribution is -2.29. The van der Waals surface area contributed by atoms with E-state index in [1.54, 1.807) is 17.4 Å². The van der Waals surface area contributed by atoms with Gasteiger partial charge in [-0.3, -0.25) is 10.1 Å². The third-order valence-corrected chi connectivity index (χ3v) is 5.62. The number of aromatic nitrogens is 1. The third kappa shape index (κ3) is 3.46. The van der Waals surface area contributed by atoms with Crippen molar-refractivity contribution in [2.75, 3.05) is 18.0 Å². The van der Waals surface area contributed by atoms with Crippen LogP contribution < -0.4 is 4.90 Å². The van der Waals surface area contributed by atoms with Crippen molar-refractivity contribution in [1.29, 1.82) is 0 Å². The Hall–Kier alpha value is -2.73. The quantitative estimate of drug-likeness (QED) is 0.461. The summed E-state index contributed by atoms with van der Waals surface area (Å²) in [5, 5.41) is 12.5. The molecule has 1 fully saturated rings. The third-order valence-electron chi connectivity index (χ3n) is 4.62. The van der Waals surface area contributed by atoms with Crippen LogP contribution in [0.25, 0.3) is 22.4 Å². The molecule has 0 aliphatic carbocycles. The maximum absolute atomic E-state index is 11.6. The summed E-state index contributed by atoms with van der Waals surface area (Å²) in [6.45, 7) is 1.78. The molecule has 0 amide bonds. The first kappa shape index (κ1) is 16.7. The molecule has 0 saturated carbocycles. The van der Waals surface area contributed by atoms with E-state index in [-0.39, 0.29) is 10.6 Å². The highest BCUT2D eigenvalue weighted by Gasteiger charge is 2.21. The number of para-hydroxylation sites is 1. The van der Waals surface area contributed by atoms with Gasteiger partial charge in [0.25, 0.3) is 5.69 Å². The molecule has 1 aliphatic heterocycles. The lowest BCUT2D eigenvalue weighted by molar-refractivity contribution is -0.384. The van der Waals surface area contributed by atoms with Gasteiger partial charge in [0.15, 0.2) is 0 Å². The van der Waals surface area contributed by atoms with E-state index in [0.29, 0.717) is 0 Å². The highest BCUT2D eigenvalue weighted by Crippen LogP contribution is 2.32. The van der Waals surface area contributed by atoms with Crippen molar-refractivity contribution in [2.24, 2.45) is 0 Å². The second-order valence-electron chi connectivity index (χ2n) is 6.41. The van der Waals surface area contributed by atoms with Gasteiger partial charge in [0.1, 0.15) is 10.7 Å². The molecule has 1 aliphatic rings. The van der Waals surface area contributed by atoms with Crippen molar-refractivity contribution in [3.05, 3.63) is 63.1 Å². The molecular formula is C20H19N3O2S. The average Bonchev–Trinajstić information content (AvgIpc) is 3.10. The molecule has 5 nitrogen and oxygen atoms in total. The van der Waals surface area contributed by atoms with Crippen LogP contribution in [0.1, 0.15) is 29.8 Å². The largest absolute Gasteiger partial charge is 0.366 e. The van der Waals surface area contributed by atoms with Crippen LogP contribution in [0.4, 0.5) is 11.4 Å². The number of hydrogen-bond donors (Lipinski definition) is 0. The number of benzene rings is 2. The van der Waals surface area contributed by atoms with Crippen LogP contribution in [0.5, 0.6) is 0 Å². The first-order valence-corrected chi connectivity index (χ1v) is 9.59. The molecule has 0 N–H and O–H groups in total. The van der Waals surface area contributed by atoms with E-state index >= 15 is 0 Å². The SMILES string of the molecule is O=[N+]([O-])c1cc(/C=C/c2nc3ccccc3s2)ccc1N1CCCCC1. The Morgan fingerprint density at radius 2 is 1.88 bits per heavy atom. The highest BCUT2D eigenvalue weighted by molar-refractivity contribution is 7.19. The van der Waals surface area contributed by atoms with E-state index in [9.17, 15) is 10.1 Å². The Morgan fingerprint density at radius 1 is 1.08 bits per heavy atom. The number of fused-ring (bicyclic) bond motifs is 1. The molecule has 1 saturated heterocycles. The van der Waals surface area contributed by atoms with Crippen molar-refractivity contribution >= 4 is 45.1 Å². The molecule has 2 heterocycles. The molecule has 0 bridgehead atoms. The highest BCUT2D eigenvalue weighted by atomic mass is 32.1. The standard InChI is InChI=1S/C20H19N3O2S/c24-23(25)18-14-15(8-10-17(18)22-12-4-1-5-13-22)9-11-20-21-16-6-2-3-7-19(16)26-20/h2-3,6-11,14H,1,4-5,12-13H2/b11-9+. The first-order chi connectivity index (χ1) is 12.7. The zero-order valence-electron chi connectivity index (χ0n) is 14.3. The molecular weight excluding hydrogens is 346 g/mol. The summed E-state index contributed by atoms with van der Waals surface area (Å²) in [7, 11) is 0. The van der Waals surface area contributed by atoms with Gasteiger partial charge in [0, 0.05) is 19.2 Å². The van der Waals surface area contributed by atoms with Crippen LogP contribution in [0.15, 0.2) is 42.5 Å². The Labute approximate surface area is 155 Å². The normalized spacial score (nSPS) is 15.0. The molecule has 2 aromatic carbocycles. The van der Waals surface area contributed by atoms with E-state index in [4.69, 9.17) is 0 Å². The lowest BCUT2D eigenvalue weighted by Gasteiger charge is -2.28. The number of hydrogen-bond acceptors (Lipinski definition) is 5. The number of nitro benzene ring substituents is 1. The molecule has 4 rings (SSSR count). The van der Waals surface area contributed by atoms with Crippen LogP contribution in [-0.4, -0.2) is 23.0 Å². The summed E-state index contributed by atoms with van der Waals surface area (Å²) in [5.41, 5.74) is 2.70. The molecule has 26 heavy (non-hydrogen) atoms. The second kappa shape index (κ2) is 7.25. The zero-order chi connectivity index (χ0) is 17.9. The number of thiazole rings is 1. The summed E-state index contributed by atoms with van der Waals surface area (Å²) in [4.78, 5) is 18.0. The number of piperidine rings is 1. The smallest absolute Gasteiger partial charge is 0.293 e. The Kier molecular flexibility index (Phi) is 4.67. The van der Waals surface area contributed by atoms with E-state index in [1.165, 1.54) is 6.42 Å². The predicted molar refractivity (Wildman–Crippen MR) is 108 cm³/mol. The average molecular weight is 365 g/mol. The molecule has 6 heteroatoms. The monoisotopic (exact) mass is 365 g/mol. The van der Waals surface area contributed by atoms with Crippen LogP contribution in [0.2, 0.25) is 0 Å². The van der Waals surface area contributed by atoms with E-state index < -0.39 is 0 Å². The van der Waals surface area contributed by atoms with Crippen molar-refractivity contribution in [3.8, 4) is 0 Å². The fourth-order valence-electron chi connectivity index (χ4n) is 3.32. The van der Waals surface area contributed by atoms with Crippen LogP contribution in [0.3, 0.4) is 0 Å². The number of nitro groups is 1. The predicted octanol–water partition coefficient (Wildman–Crippen LogP) is 5.37. The summed E-state index contributed by atoms with van der Waals surface area (Å²) in [6, 6.07) is 13.5. The van der Waals surface area contributed by atoms with Gasteiger partial charge in [-0.25, -0.2) is 4.98 Å². The lowest BCUT2D eigenvalue weighted by atomic mass is 10.1. The first-order valence-electron chi connectivity index (χ1n) is 8.78. The Bertz CT molecular complexity index is 941. The Balaban J connectivity index is 1.61. The van der Waals surface area contributed by atoms with E-state index in [1.807, 2.05) is 48.6 Å². The summed E-state index contributed by atoms with van der Waals surface area (Å²) in [6.07, 6.45) is 7.20. The molecule has 1 aromatic heterocycles. The van der Waals surface area contributed by atoms with Gasteiger partial charge in [-0.1, -0.05) is 24.3 Å². The van der Waals surface area contributed by atoms with Gasteiger partial charge in [-0.2, -0.15) is 0 Å². The fourth-order valence-corrected chi connectivity index (χ4v) is 4.19. The minimum absolute atomic E-state index is 0.179. The van der Waals surface area contributed by atoms with Gasteiger partial charge >= 0.3 is 0 Å². The van der Waals surface area contributed by atoms with Gasteiger partial charge in [-0.05, 0) is 49.1 Å². The molecule has 0 atom stereocenters. The minimum atomic E-state index is -0.279. The van der Waals surface area contributed by atoms with Crippen molar-refractivity contribution in [1.82, 2.24) is 4.98 Å². The summed E-state index contributed by atoms with van der Waals surface area (Å²) >= 11 is 1.61. The van der Waals surface area contributed by atoms with E-state index in [2.05, 4.69) is 9.88 Å². The topological polar surface area (TPSA) is 59.3 Å². The number of nitrogens with zero attached hydrogens (tertiary/aromatic N) is 3. The zero-order valence-corrected chi connectivity index (χ0v) is 15.1. The molecule has 0 spiro atoms. The Morgan fingerprint density at radius 3 is 2.65 bits per heavy atom. The minimum Gasteiger partial charge on any atom is -0.366 e. The maximum atomic E-state index is 11.6. The van der Waals surface area contributed by atoms with Gasteiger partial charge in [0.05, 0.1) is 15.1 Å². The maximum Gasteiger partial charge on any atom is 0.293 e. The van der Waals surface area contributed by atoms with Gasteiger partial charge in [-0.15, -0.1) is 11.3 Å². The van der Waals surface area contributed by atoms with Gasteiger partial charge in [0.2, 0.25) is 0 Å². The number of anilines is 1. The van der Waals surface area contributed by atoms with Crippen LogP contribution >= 0.6 is 11.3 Å². The van der Waals surface area contributed by atoms with Crippen molar-refractivity contribution in [3.63, 3.8) is 0 Å². The molecule has 0 radical (unpaired) electrons. The van der Waals surface area contributed by atoms with E-state index in [0.717, 1.165) is 52.4 Å². The van der Waals surface area contributed by atoms with Crippen molar-refractivity contribution < 1.29 is 4.92 Å².